The van der Waals surface area contributed by atoms with E-state index in [2.05, 4.69) is 16.5 Å². The minimum atomic E-state index is -0.823. The molecule has 1 aliphatic carbocycles. The van der Waals surface area contributed by atoms with Crippen LogP contribution in [0, 0.1) is 11.3 Å². The molecule has 0 unspecified atom stereocenters. The van der Waals surface area contributed by atoms with E-state index in [1.807, 2.05) is 0 Å². The molecule has 0 aliphatic heterocycles. The van der Waals surface area contributed by atoms with Crippen LogP contribution in [-0.2, 0) is 11.3 Å². The van der Waals surface area contributed by atoms with Crippen molar-refractivity contribution >= 4 is 29.1 Å². The molecule has 8 heteroatoms. The summed E-state index contributed by atoms with van der Waals surface area (Å²) < 4.78 is 0.920. The van der Waals surface area contributed by atoms with Gasteiger partial charge in [-0.25, -0.2) is 4.68 Å². The molecule has 0 saturated heterocycles. The quantitative estimate of drug-likeness (QED) is 0.915. The largest absolute Gasteiger partial charge is 0.336 e. The Morgan fingerprint density at radius 2 is 2.15 bits per heavy atom. The van der Waals surface area contributed by atoms with E-state index < -0.39 is 17.0 Å². The summed E-state index contributed by atoms with van der Waals surface area (Å²) in [5, 5.41) is 15.5. The number of amides is 1. The average molecular weight is 315 g/mol. The Morgan fingerprint density at radius 1 is 1.50 bits per heavy atom. The molecule has 1 amide bonds. The van der Waals surface area contributed by atoms with Crippen molar-refractivity contribution in [3.05, 3.63) is 26.6 Å². The summed E-state index contributed by atoms with van der Waals surface area (Å²) >= 11 is 11.4. The summed E-state index contributed by atoms with van der Waals surface area (Å²) in [5.41, 5.74) is -1.46. The summed E-state index contributed by atoms with van der Waals surface area (Å²) in [7, 11) is 0. The molecule has 0 bridgehead atoms. The molecule has 0 aromatic carbocycles. The third-order valence-electron chi connectivity index (χ3n) is 3.29. The van der Waals surface area contributed by atoms with Crippen LogP contribution in [0.5, 0.6) is 0 Å². The van der Waals surface area contributed by atoms with Gasteiger partial charge in [-0.15, -0.1) is 0 Å². The van der Waals surface area contributed by atoms with Crippen molar-refractivity contribution in [2.24, 2.45) is 0 Å². The average Bonchev–Trinajstić information content (AvgIpc) is 2.88. The van der Waals surface area contributed by atoms with Gasteiger partial charge >= 0.3 is 0 Å². The molecule has 0 atom stereocenters. The van der Waals surface area contributed by atoms with E-state index in [1.165, 1.54) is 6.20 Å². The van der Waals surface area contributed by atoms with Crippen LogP contribution in [0.3, 0.4) is 0 Å². The molecule has 106 valence electrons. The first-order valence-electron chi connectivity index (χ1n) is 6.11. The Balaban J connectivity index is 2.11. The number of nitrogens with zero attached hydrogens (tertiary/aromatic N) is 3. The normalized spacial score (nSPS) is 16.6. The fourth-order valence-corrected chi connectivity index (χ4v) is 2.51. The van der Waals surface area contributed by atoms with Gasteiger partial charge in [-0.1, -0.05) is 23.2 Å². The van der Waals surface area contributed by atoms with Crippen molar-refractivity contribution in [3.8, 4) is 6.07 Å². The van der Waals surface area contributed by atoms with Gasteiger partial charge in [0.05, 0.1) is 17.3 Å². The van der Waals surface area contributed by atoms with E-state index >= 15 is 0 Å². The molecule has 1 N–H and O–H groups in total. The maximum Gasteiger partial charge on any atom is 0.287 e. The lowest BCUT2D eigenvalue weighted by Gasteiger charge is -2.21. The Labute approximate surface area is 125 Å². The zero-order valence-corrected chi connectivity index (χ0v) is 12.0. The van der Waals surface area contributed by atoms with Crippen molar-refractivity contribution in [2.75, 3.05) is 0 Å². The summed E-state index contributed by atoms with van der Waals surface area (Å²) in [4.78, 5) is 23.7. The first-order chi connectivity index (χ1) is 9.47. The minimum Gasteiger partial charge on any atom is -0.336 e. The van der Waals surface area contributed by atoms with Gasteiger partial charge in [-0.2, -0.15) is 10.4 Å². The summed E-state index contributed by atoms with van der Waals surface area (Å²) in [6, 6.07) is 2.14. The van der Waals surface area contributed by atoms with Gasteiger partial charge in [0.2, 0.25) is 5.91 Å². The highest BCUT2D eigenvalue weighted by Crippen LogP contribution is 2.28. The lowest BCUT2D eigenvalue weighted by Crippen LogP contribution is -2.47. The van der Waals surface area contributed by atoms with E-state index in [4.69, 9.17) is 23.2 Å². The van der Waals surface area contributed by atoms with Gasteiger partial charge in [0.15, 0.2) is 0 Å². The SMILES string of the molecule is N#CC1(NC(=O)Cn2ncc(Cl)c(Cl)c2=O)CCCC1. The molecule has 20 heavy (non-hydrogen) atoms. The molecular formula is C12H12Cl2N4O2. The third-order valence-corrected chi connectivity index (χ3v) is 4.03. The number of halogens is 2. The molecular weight excluding hydrogens is 303 g/mol. The minimum absolute atomic E-state index is 0.0395. The highest BCUT2D eigenvalue weighted by molar-refractivity contribution is 6.41. The maximum atomic E-state index is 11.9. The molecule has 1 aromatic rings. The van der Waals surface area contributed by atoms with Gasteiger partial charge in [0, 0.05) is 0 Å². The fraction of sp³-hybridized carbons (Fsp3) is 0.500. The van der Waals surface area contributed by atoms with Crippen molar-refractivity contribution in [2.45, 2.75) is 37.8 Å². The standard InChI is InChI=1S/C12H12Cl2N4O2/c13-8-5-16-18(11(20)10(8)14)6-9(19)17-12(7-15)3-1-2-4-12/h5H,1-4,6H2,(H,17,19). The van der Waals surface area contributed by atoms with Crippen LogP contribution in [0.2, 0.25) is 10.0 Å². The highest BCUT2D eigenvalue weighted by Gasteiger charge is 2.35. The van der Waals surface area contributed by atoms with E-state index in [-0.39, 0.29) is 16.6 Å². The Bertz CT molecular complexity index is 629. The van der Waals surface area contributed by atoms with Crippen molar-refractivity contribution in [1.82, 2.24) is 15.1 Å². The Morgan fingerprint density at radius 3 is 2.75 bits per heavy atom. The Hall–Kier alpha value is -1.58. The molecule has 1 fully saturated rings. The van der Waals surface area contributed by atoms with E-state index in [1.54, 1.807) is 0 Å². The lowest BCUT2D eigenvalue weighted by molar-refractivity contribution is -0.123. The van der Waals surface area contributed by atoms with Crippen LogP contribution >= 0.6 is 23.2 Å². The predicted octanol–water partition coefficient (Wildman–Crippen LogP) is 1.50. The zero-order chi connectivity index (χ0) is 14.8. The van der Waals surface area contributed by atoms with Gasteiger partial charge in [-0.05, 0) is 25.7 Å². The van der Waals surface area contributed by atoms with Crippen molar-refractivity contribution in [3.63, 3.8) is 0 Å². The number of aromatic nitrogens is 2. The monoisotopic (exact) mass is 314 g/mol. The molecule has 0 radical (unpaired) electrons. The second kappa shape index (κ2) is 5.81. The molecule has 2 rings (SSSR count). The Kier molecular flexibility index (Phi) is 4.31. The molecule has 0 spiro atoms. The van der Waals surface area contributed by atoms with Gasteiger partial charge < -0.3 is 5.32 Å². The molecule has 1 aliphatic rings. The lowest BCUT2D eigenvalue weighted by atomic mass is 10.00. The second-order valence-electron chi connectivity index (χ2n) is 4.72. The number of rotatable bonds is 3. The van der Waals surface area contributed by atoms with E-state index in [0.717, 1.165) is 17.5 Å². The topological polar surface area (TPSA) is 87.8 Å². The second-order valence-corrected chi connectivity index (χ2v) is 5.50. The molecule has 1 saturated carbocycles. The number of carbonyl (C=O) groups excluding carboxylic acids is 1. The van der Waals surface area contributed by atoms with Crippen LogP contribution in [0.25, 0.3) is 0 Å². The van der Waals surface area contributed by atoms with Crippen LogP contribution < -0.4 is 10.9 Å². The number of nitriles is 1. The van der Waals surface area contributed by atoms with E-state index in [0.29, 0.717) is 12.8 Å². The summed E-state index contributed by atoms with van der Waals surface area (Å²) in [6.07, 6.45) is 4.25. The smallest absolute Gasteiger partial charge is 0.287 e. The number of nitrogens with one attached hydrogen (secondary N) is 1. The third kappa shape index (κ3) is 2.94. The summed E-state index contributed by atoms with van der Waals surface area (Å²) in [6.45, 7) is -0.293. The van der Waals surface area contributed by atoms with Gasteiger partial charge in [0.25, 0.3) is 5.56 Å². The fourth-order valence-electron chi connectivity index (χ4n) is 2.24. The van der Waals surface area contributed by atoms with Gasteiger partial charge in [0.1, 0.15) is 17.1 Å². The first-order valence-corrected chi connectivity index (χ1v) is 6.86. The van der Waals surface area contributed by atoms with Crippen LogP contribution in [-0.4, -0.2) is 21.2 Å². The number of hydrogen-bond acceptors (Lipinski definition) is 4. The zero-order valence-electron chi connectivity index (χ0n) is 10.5. The highest BCUT2D eigenvalue weighted by atomic mass is 35.5. The number of carbonyl (C=O) groups is 1. The van der Waals surface area contributed by atoms with Crippen molar-refractivity contribution in [1.29, 1.82) is 5.26 Å². The predicted molar refractivity (Wildman–Crippen MR) is 73.5 cm³/mol. The molecule has 1 heterocycles. The van der Waals surface area contributed by atoms with Crippen LogP contribution in [0.4, 0.5) is 0 Å². The molecule has 1 aromatic heterocycles. The van der Waals surface area contributed by atoms with Crippen LogP contribution in [0.15, 0.2) is 11.0 Å². The van der Waals surface area contributed by atoms with Crippen LogP contribution in [0.1, 0.15) is 25.7 Å². The summed E-state index contributed by atoms with van der Waals surface area (Å²) in [5.74, 6) is -0.443. The molecule has 6 nitrogen and oxygen atoms in total. The van der Waals surface area contributed by atoms with Gasteiger partial charge in [-0.3, -0.25) is 9.59 Å². The first kappa shape index (κ1) is 14.8. The van der Waals surface area contributed by atoms with E-state index in [9.17, 15) is 14.9 Å². The number of hydrogen-bond donors (Lipinski definition) is 1. The maximum absolute atomic E-state index is 11.9. The van der Waals surface area contributed by atoms with Crippen molar-refractivity contribution < 1.29 is 4.79 Å².